The number of aryl methyl sites for hydroxylation is 1. The summed E-state index contributed by atoms with van der Waals surface area (Å²) in [5, 5.41) is 9.32. The minimum Gasteiger partial charge on any atom is -0.395 e. The van der Waals surface area contributed by atoms with Gasteiger partial charge in [0.05, 0.1) is 6.61 Å². The normalized spacial score (nSPS) is 17.3. The average Bonchev–Trinajstić information content (AvgIpc) is 2.57. The van der Waals surface area contributed by atoms with Gasteiger partial charge in [-0.3, -0.25) is 9.69 Å². The number of piperazine rings is 1. The molecule has 1 aliphatic heterocycles. The van der Waals surface area contributed by atoms with Crippen LogP contribution in [0.25, 0.3) is 0 Å². The molecule has 0 aromatic heterocycles. The molecule has 0 bridgehead atoms. The standard InChI is InChI=1S/C17H24F2N2O2/c1-2-15(12-22)20-7-9-21(10-8-20)17(23)6-3-13-11-14(18)4-5-16(13)19/h4-5,11,15,22H,2-3,6-10,12H2,1H3. The summed E-state index contributed by atoms with van der Waals surface area (Å²) in [6.45, 7) is 4.86. The summed E-state index contributed by atoms with van der Waals surface area (Å²) in [7, 11) is 0. The first kappa shape index (κ1) is 17.8. The third kappa shape index (κ3) is 4.72. The first-order chi connectivity index (χ1) is 11.0. The number of benzene rings is 1. The fourth-order valence-corrected chi connectivity index (χ4v) is 2.97. The fourth-order valence-electron chi connectivity index (χ4n) is 2.97. The van der Waals surface area contributed by atoms with E-state index in [1.807, 2.05) is 6.92 Å². The van der Waals surface area contributed by atoms with Crippen LogP contribution in [0.3, 0.4) is 0 Å². The SMILES string of the molecule is CCC(CO)N1CCN(C(=O)CCc2cc(F)ccc2F)CC1. The number of aliphatic hydroxyl groups is 1. The van der Waals surface area contributed by atoms with Crippen molar-refractivity contribution in [2.45, 2.75) is 32.2 Å². The van der Waals surface area contributed by atoms with E-state index < -0.39 is 11.6 Å². The van der Waals surface area contributed by atoms with Crippen LogP contribution in [-0.2, 0) is 11.2 Å². The maximum Gasteiger partial charge on any atom is 0.222 e. The predicted octanol–water partition coefficient (Wildman–Crippen LogP) is 1.81. The molecule has 1 aromatic rings. The Morgan fingerprint density at radius 3 is 2.57 bits per heavy atom. The Bertz CT molecular complexity index is 527. The number of hydrogen-bond donors (Lipinski definition) is 1. The van der Waals surface area contributed by atoms with Gasteiger partial charge in [0, 0.05) is 38.6 Å². The predicted molar refractivity (Wildman–Crippen MR) is 84.0 cm³/mol. The van der Waals surface area contributed by atoms with Crippen LogP contribution in [0.1, 0.15) is 25.3 Å². The molecule has 1 atom stereocenters. The Morgan fingerprint density at radius 1 is 1.26 bits per heavy atom. The maximum atomic E-state index is 13.6. The number of nitrogens with zero attached hydrogens (tertiary/aromatic N) is 2. The van der Waals surface area contributed by atoms with E-state index in [0.717, 1.165) is 37.7 Å². The van der Waals surface area contributed by atoms with Crippen molar-refractivity contribution in [3.63, 3.8) is 0 Å². The molecule has 128 valence electrons. The van der Waals surface area contributed by atoms with Crippen molar-refractivity contribution in [2.75, 3.05) is 32.8 Å². The number of carbonyl (C=O) groups excluding carboxylic acids is 1. The lowest BCUT2D eigenvalue weighted by Gasteiger charge is -2.38. The summed E-state index contributed by atoms with van der Waals surface area (Å²) in [4.78, 5) is 16.2. The van der Waals surface area contributed by atoms with Gasteiger partial charge >= 0.3 is 0 Å². The number of halogens is 2. The Balaban J connectivity index is 1.82. The minimum atomic E-state index is -0.489. The molecular weight excluding hydrogens is 302 g/mol. The molecule has 0 spiro atoms. The molecule has 6 heteroatoms. The monoisotopic (exact) mass is 326 g/mol. The number of aliphatic hydroxyl groups excluding tert-OH is 1. The topological polar surface area (TPSA) is 43.8 Å². The van der Waals surface area contributed by atoms with Crippen LogP contribution >= 0.6 is 0 Å². The third-order valence-corrected chi connectivity index (χ3v) is 4.48. The highest BCUT2D eigenvalue weighted by Gasteiger charge is 2.24. The number of rotatable bonds is 6. The summed E-state index contributed by atoms with van der Waals surface area (Å²) in [6.07, 6.45) is 1.26. The first-order valence-electron chi connectivity index (χ1n) is 8.11. The molecule has 1 heterocycles. The van der Waals surface area contributed by atoms with Gasteiger partial charge in [-0.05, 0) is 36.6 Å². The molecule has 0 radical (unpaired) electrons. The molecule has 1 amide bonds. The van der Waals surface area contributed by atoms with Gasteiger partial charge < -0.3 is 10.0 Å². The number of amides is 1. The molecule has 23 heavy (non-hydrogen) atoms. The van der Waals surface area contributed by atoms with E-state index in [1.165, 1.54) is 0 Å². The van der Waals surface area contributed by atoms with Crippen LogP contribution in [0.5, 0.6) is 0 Å². The molecule has 1 N–H and O–H groups in total. The lowest BCUT2D eigenvalue weighted by molar-refractivity contribution is -0.133. The van der Waals surface area contributed by atoms with Crippen LogP contribution in [0.2, 0.25) is 0 Å². The first-order valence-corrected chi connectivity index (χ1v) is 8.11. The van der Waals surface area contributed by atoms with E-state index in [-0.39, 0.29) is 37.0 Å². The van der Waals surface area contributed by atoms with Crippen molar-refractivity contribution < 1.29 is 18.7 Å². The lowest BCUT2D eigenvalue weighted by Crippen LogP contribution is -2.52. The Morgan fingerprint density at radius 2 is 1.96 bits per heavy atom. The van der Waals surface area contributed by atoms with Crippen molar-refractivity contribution in [3.8, 4) is 0 Å². The van der Waals surface area contributed by atoms with Crippen molar-refractivity contribution >= 4 is 5.91 Å². The Kier molecular flexibility index (Phi) is 6.47. The van der Waals surface area contributed by atoms with E-state index in [1.54, 1.807) is 4.90 Å². The minimum absolute atomic E-state index is 0.0367. The summed E-state index contributed by atoms with van der Waals surface area (Å²) >= 11 is 0. The molecule has 0 saturated carbocycles. The van der Waals surface area contributed by atoms with E-state index in [2.05, 4.69) is 4.90 Å². The second-order valence-corrected chi connectivity index (χ2v) is 5.90. The van der Waals surface area contributed by atoms with Crippen LogP contribution in [-0.4, -0.2) is 59.6 Å². The fraction of sp³-hybridized carbons (Fsp3) is 0.588. The van der Waals surface area contributed by atoms with Crippen LogP contribution in [0, 0.1) is 11.6 Å². The summed E-state index contributed by atoms with van der Waals surface area (Å²) in [5.74, 6) is -1.000. The second kappa shape index (κ2) is 8.36. The van der Waals surface area contributed by atoms with Gasteiger partial charge in [0.15, 0.2) is 0 Å². The molecule has 2 rings (SSSR count). The van der Waals surface area contributed by atoms with Gasteiger partial charge in [-0.25, -0.2) is 8.78 Å². The van der Waals surface area contributed by atoms with Crippen molar-refractivity contribution in [1.82, 2.24) is 9.80 Å². The van der Waals surface area contributed by atoms with E-state index in [4.69, 9.17) is 0 Å². The smallest absolute Gasteiger partial charge is 0.222 e. The largest absolute Gasteiger partial charge is 0.395 e. The van der Waals surface area contributed by atoms with Gasteiger partial charge in [-0.2, -0.15) is 0 Å². The summed E-state index contributed by atoms with van der Waals surface area (Å²) < 4.78 is 26.7. The van der Waals surface area contributed by atoms with Crippen molar-refractivity contribution in [1.29, 1.82) is 0 Å². The van der Waals surface area contributed by atoms with Crippen molar-refractivity contribution in [2.24, 2.45) is 0 Å². The average molecular weight is 326 g/mol. The summed E-state index contributed by atoms with van der Waals surface area (Å²) in [6, 6.07) is 3.46. The van der Waals surface area contributed by atoms with E-state index in [0.29, 0.717) is 13.1 Å². The second-order valence-electron chi connectivity index (χ2n) is 5.90. The number of carbonyl (C=O) groups is 1. The highest BCUT2D eigenvalue weighted by Crippen LogP contribution is 2.14. The zero-order valence-corrected chi connectivity index (χ0v) is 13.5. The van der Waals surface area contributed by atoms with Gasteiger partial charge in [-0.1, -0.05) is 6.92 Å². The lowest BCUT2D eigenvalue weighted by atomic mass is 10.1. The molecule has 0 aliphatic carbocycles. The molecule has 1 saturated heterocycles. The molecule has 1 aliphatic rings. The Labute approximate surface area is 135 Å². The molecular formula is C17H24F2N2O2. The van der Waals surface area contributed by atoms with E-state index >= 15 is 0 Å². The van der Waals surface area contributed by atoms with Gasteiger partial charge in [0.1, 0.15) is 11.6 Å². The molecule has 4 nitrogen and oxygen atoms in total. The van der Waals surface area contributed by atoms with Gasteiger partial charge in [-0.15, -0.1) is 0 Å². The quantitative estimate of drug-likeness (QED) is 0.867. The van der Waals surface area contributed by atoms with Crippen LogP contribution in [0.4, 0.5) is 8.78 Å². The van der Waals surface area contributed by atoms with E-state index in [9.17, 15) is 18.7 Å². The highest BCUT2D eigenvalue weighted by atomic mass is 19.1. The van der Waals surface area contributed by atoms with Crippen molar-refractivity contribution in [3.05, 3.63) is 35.4 Å². The third-order valence-electron chi connectivity index (χ3n) is 4.48. The maximum absolute atomic E-state index is 13.6. The highest BCUT2D eigenvalue weighted by molar-refractivity contribution is 5.76. The van der Waals surface area contributed by atoms with Gasteiger partial charge in [0.25, 0.3) is 0 Å². The zero-order chi connectivity index (χ0) is 16.8. The molecule has 1 aromatic carbocycles. The van der Waals surface area contributed by atoms with Crippen LogP contribution in [0.15, 0.2) is 18.2 Å². The number of hydrogen-bond acceptors (Lipinski definition) is 3. The zero-order valence-electron chi connectivity index (χ0n) is 13.5. The Hall–Kier alpha value is -1.53. The van der Waals surface area contributed by atoms with Gasteiger partial charge in [0.2, 0.25) is 5.91 Å². The molecule has 1 unspecified atom stereocenters. The van der Waals surface area contributed by atoms with Crippen LogP contribution < -0.4 is 0 Å². The summed E-state index contributed by atoms with van der Waals surface area (Å²) in [5.41, 5.74) is 0.239. The molecule has 1 fully saturated rings.